The van der Waals surface area contributed by atoms with E-state index in [9.17, 15) is 4.79 Å². The van der Waals surface area contributed by atoms with Gasteiger partial charge in [-0.1, -0.05) is 6.07 Å². The van der Waals surface area contributed by atoms with E-state index in [1.54, 1.807) is 0 Å². The van der Waals surface area contributed by atoms with Gasteiger partial charge < -0.3 is 22.5 Å². The van der Waals surface area contributed by atoms with Crippen LogP contribution in [-0.2, 0) is 7.05 Å². The van der Waals surface area contributed by atoms with Gasteiger partial charge in [-0.3, -0.25) is 4.79 Å². The van der Waals surface area contributed by atoms with Crippen molar-refractivity contribution in [2.24, 2.45) is 12.8 Å². The highest BCUT2D eigenvalue weighted by Crippen LogP contribution is 2.33. The van der Waals surface area contributed by atoms with Crippen LogP contribution >= 0.6 is 0 Å². The van der Waals surface area contributed by atoms with E-state index in [1.165, 1.54) is 0 Å². The largest absolute Gasteiger partial charge is 0.399 e. The monoisotopic (exact) mass is 386 g/mol. The molecule has 29 heavy (non-hydrogen) atoms. The minimum absolute atomic E-state index is 0.133. The van der Waals surface area contributed by atoms with Gasteiger partial charge in [0.05, 0.1) is 10.8 Å². The average Bonchev–Trinajstić information content (AvgIpc) is 2.72. The SMILES string of the molecule is C[n+]1c(-c2ccc(C(=O)NCCN)cc2)c2cc(N)ccc2c2ccc(N)cc21. The second kappa shape index (κ2) is 7.41. The first kappa shape index (κ1) is 18.7. The Kier molecular flexibility index (Phi) is 4.78. The van der Waals surface area contributed by atoms with Crippen molar-refractivity contribution in [3.05, 3.63) is 66.2 Å². The van der Waals surface area contributed by atoms with Crippen molar-refractivity contribution in [2.45, 2.75) is 0 Å². The van der Waals surface area contributed by atoms with Gasteiger partial charge >= 0.3 is 0 Å². The first-order valence-electron chi connectivity index (χ1n) is 9.49. The third-order valence-corrected chi connectivity index (χ3v) is 5.16. The molecule has 0 aliphatic heterocycles. The number of nitrogens with one attached hydrogen (secondary N) is 1. The highest BCUT2D eigenvalue weighted by atomic mass is 16.1. The van der Waals surface area contributed by atoms with Crippen LogP contribution in [0.25, 0.3) is 32.9 Å². The summed E-state index contributed by atoms with van der Waals surface area (Å²) in [4.78, 5) is 12.2. The lowest BCUT2D eigenvalue weighted by Gasteiger charge is -2.11. The molecule has 3 aromatic carbocycles. The second-order valence-corrected chi connectivity index (χ2v) is 7.11. The van der Waals surface area contributed by atoms with Crippen LogP contribution in [0.15, 0.2) is 60.7 Å². The molecule has 146 valence electrons. The molecule has 7 N–H and O–H groups in total. The van der Waals surface area contributed by atoms with Gasteiger partial charge in [-0.25, -0.2) is 0 Å². The first-order chi connectivity index (χ1) is 14.0. The number of nitrogens with two attached hydrogens (primary N) is 3. The van der Waals surface area contributed by atoms with Gasteiger partial charge in [-0.15, -0.1) is 0 Å². The zero-order valence-corrected chi connectivity index (χ0v) is 16.3. The summed E-state index contributed by atoms with van der Waals surface area (Å²) in [6, 6.07) is 19.4. The highest BCUT2D eigenvalue weighted by molar-refractivity contribution is 6.10. The predicted octanol–water partition coefficient (Wildman–Crippen LogP) is 2.34. The number of aryl methyl sites for hydroxylation is 1. The number of hydrogen-bond acceptors (Lipinski definition) is 4. The van der Waals surface area contributed by atoms with E-state index in [2.05, 4.69) is 9.88 Å². The number of anilines is 2. The highest BCUT2D eigenvalue weighted by Gasteiger charge is 2.21. The number of pyridine rings is 1. The standard InChI is InChI=1S/C23H23N5O/c1-28-21-13-17(26)7-9-19(21)18-8-6-16(25)12-20(18)22(28)14-2-4-15(5-3-14)23(29)27-11-10-24/h2-9,12-13,26H,10-11,24H2,1H3,(H3,25,27,29)/p+1. The van der Waals surface area contributed by atoms with E-state index in [0.717, 1.165) is 32.9 Å². The maximum absolute atomic E-state index is 12.2. The van der Waals surface area contributed by atoms with E-state index in [0.29, 0.717) is 30.0 Å². The van der Waals surface area contributed by atoms with Gasteiger partial charge in [-0.05, 0) is 48.5 Å². The molecule has 1 heterocycles. The van der Waals surface area contributed by atoms with Gasteiger partial charge in [0.15, 0.2) is 0 Å². The molecule has 6 nitrogen and oxygen atoms in total. The van der Waals surface area contributed by atoms with Gasteiger partial charge in [-0.2, -0.15) is 4.57 Å². The Bertz CT molecular complexity index is 1230. The van der Waals surface area contributed by atoms with E-state index in [1.807, 2.05) is 67.7 Å². The fourth-order valence-electron chi connectivity index (χ4n) is 3.76. The molecule has 6 heteroatoms. The van der Waals surface area contributed by atoms with E-state index in [-0.39, 0.29) is 5.91 Å². The van der Waals surface area contributed by atoms with Crippen molar-refractivity contribution in [3.8, 4) is 11.3 Å². The zero-order valence-electron chi connectivity index (χ0n) is 16.3. The van der Waals surface area contributed by atoms with E-state index < -0.39 is 0 Å². The zero-order chi connectivity index (χ0) is 20.5. The Balaban J connectivity index is 1.93. The van der Waals surface area contributed by atoms with Gasteiger partial charge in [0.2, 0.25) is 11.2 Å². The molecule has 4 rings (SSSR count). The van der Waals surface area contributed by atoms with Crippen molar-refractivity contribution < 1.29 is 9.36 Å². The number of rotatable bonds is 4. The predicted molar refractivity (Wildman–Crippen MR) is 118 cm³/mol. The summed E-state index contributed by atoms with van der Waals surface area (Å²) in [6.07, 6.45) is 0. The third kappa shape index (κ3) is 3.34. The smallest absolute Gasteiger partial charge is 0.251 e. The molecule has 0 aliphatic carbocycles. The number of aromatic nitrogens is 1. The first-order valence-corrected chi connectivity index (χ1v) is 9.49. The lowest BCUT2D eigenvalue weighted by Crippen LogP contribution is -2.32. The van der Waals surface area contributed by atoms with Crippen molar-refractivity contribution in [1.29, 1.82) is 0 Å². The average molecular weight is 386 g/mol. The molecule has 0 radical (unpaired) electrons. The van der Waals surface area contributed by atoms with Crippen LogP contribution in [0, 0.1) is 0 Å². The molecule has 1 aromatic heterocycles. The molecule has 0 unspecified atom stereocenters. The van der Waals surface area contributed by atoms with Crippen LogP contribution in [0.3, 0.4) is 0 Å². The summed E-state index contributed by atoms with van der Waals surface area (Å²) < 4.78 is 2.12. The normalized spacial score (nSPS) is 11.1. The van der Waals surface area contributed by atoms with Crippen molar-refractivity contribution in [1.82, 2.24) is 5.32 Å². The summed E-state index contributed by atoms with van der Waals surface area (Å²) in [6.45, 7) is 0.860. The van der Waals surface area contributed by atoms with Gasteiger partial charge in [0.25, 0.3) is 5.91 Å². The molecule has 1 amide bonds. The molecule has 0 saturated heterocycles. The Hall–Kier alpha value is -3.64. The number of benzene rings is 3. The van der Waals surface area contributed by atoms with E-state index in [4.69, 9.17) is 17.2 Å². The molecule has 0 saturated carbocycles. The van der Waals surface area contributed by atoms with Crippen molar-refractivity contribution in [2.75, 3.05) is 24.6 Å². The molecule has 0 atom stereocenters. The minimum Gasteiger partial charge on any atom is -0.399 e. The Morgan fingerprint density at radius 2 is 1.55 bits per heavy atom. The van der Waals surface area contributed by atoms with Crippen LogP contribution in [0.1, 0.15) is 10.4 Å². The van der Waals surface area contributed by atoms with Crippen LogP contribution in [-0.4, -0.2) is 19.0 Å². The fourth-order valence-corrected chi connectivity index (χ4v) is 3.76. The number of fused-ring (bicyclic) bond motifs is 3. The van der Waals surface area contributed by atoms with Crippen LogP contribution in [0.4, 0.5) is 11.4 Å². The summed E-state index contributed by atoms with van der Waals surface area (Å²) in [5.41, 5.74) is 22.7. The lowest BCUT2D eigenvalue weighted by molar-refractivity contribution is -0.632. The minimum atomic E-state index is -0.133. The van der Waals surface area contributed by atoms with Gasteiger partial charge in [0.1, 0.15) is 7.05 Å². The molecular formula is C23H24N5O+. The van der Waals surface area contributed by atoms with Crippen LogP contribution in [0.2, 0.25) is 0 Å². The fraction of sp³-hybridized carbons (Fsp3) is 0.130. The molecule has 0 aliphatic rings. The molecule has 0 bridgehead atoms. The Morgan fingerprint density at radius 1 is 0.897 bits per heavy atom. The topological polar surface area (TPSA) is 111 Å². The molecule has 0 spiro atoms. The number of amides is 1. The van der Waals surface area contributed by atoms with Crippen molar-refractivity contribution >= 4 is 39.0 Å². The Morgan fingerprint density at radius 3 is 2.24 bits per heavy atom. The number of carbonyl (C=O) groups is 1. The second-order valence-electron chi connectivity index (χ2n) is 7.11. The number of nitrogens with zero attached hydrogens (tertiary/aromatic N) is 1. The van der Waals surface area contributed by atoms with Crippen LogP contribution < -0.4 is 27.1 Å². The molecule has 4 aromatic rings. The molecule has 0 fully saturated rings. The van der Waals surface area contributed by atoms with E-state index >= 15 is 0 Å². The summed E-state index contributed by atoms with van der Waals surface area (Å²) in [5, 5.41) is 6.05. The Labute approximate surface area is 168 Å². The number of nitrogen functional groups attached to an aromatic ring is 2. The number of carbonyl (C=O) groups excluding carboxylic acids is 1. The van der Waals surface area contributed by atoms with Crippen molar-refractivity contribution in [3.63, 3.8) is 0 Å². The molecular weight excluding hydrogens is 362 g/mol. The van der Waals surface area contributed by atoms with Gasteiger partial charge in [0, 0.05) is 47.0 Å². The maximum Gasteiger partial charge on any atom is 0.251 e. The lowest BCUT2D eigenvalue weighted by atomic mass is 9.98. The quantitative estimate of drug-likeness (QED) is 0.245. The third-order valence-electron chi connectivity index (χ3n) is 5.16. The van der Waals surface area contributed by atoms with Crippen LogP contribution in [0.5, 0.6) is 0 Å². The summed E-state index contributed by atoms with van der Waals surface area (Å²) in [5.74, 6) is -0.133. The number of hydrogen-bond donors (Lipinski definition) is 4. The summed E-state index contributed by atoms with van der Waals surface area (Å²) >= 11 is 0. The summed E-state index contributed by atoms with van der Waals surface area (Å²) in [7, 11) is 2.02. The maximum atomic E-state index is 12.2.